The minimum Gasteiger partial charge on any atom is -0.291 e. The highest BCUT2D eigenvalue weighted by Gasteiger charge is 2.21. The number of aromatic nitrogens is 3. The van der Waals surface area contributed by atoms with Gasteiger partial charge in [-0.05, 0) is 49.2 Å². The number of carbonyl (C=O) groups is 1. The largest absolute Gasteiger partial charge is 0.291 e. The summed E-state index contributed by atoms with van der Waals surface area (Å²) in [6, 6.07) is 5.38. The van der Waals surface area contributed by atoms with E-state index in [-0.39, 0.29) is 21.6 Å². The van der Waals surface area contributed by atoms with Crippen molar-refractivity contribution in [3.63, 3.8) is 0 Å². The van der Waals surface area contributed by atoms with E-state index in [1.807, 2.05) is 4.72 Å². The lowest BCUT2D eigenvalue weighted by molar-refractivity contribution is 0.0981. The van der Waals surface area contributed by atoms with Crippen molar-refractivity contribution in [1.29, 1.82) is 0 Å². The Labute approximate surface area is 149 Å². The molecule has 2 aromatic heterocycles. The van der Waals surface area contributed by atoms with E-state index in [4.69, 9.17) is 0 Å². The number of hydrogen-bond donors (Lipinski definition) is 1. The van der Waals surface area contributed by atoms with Crippen LogP contribution in [-0.4, -0.2) is 28.9 Å². The van der Waals surface area contributed by atoms with Gasteiger partial charge in [0.15, 0.2) is 0 Å². The summed E-state index contributed by atoms with van der Waals surface area (Å²) in [5.41, 5.74) is 0.446. The summed E-state index contributed by atoms with van der Waals surface area (Å²) in [5, 5.41) is 0. The van der Waals surface area contributed by atoms with Gasteiger partial charge in [0.2, 0.25) is 0 Å². The third-order valence-electron chi connectivity index (χ3n) is 3.73. The molecule has 2 heterocycles. The van der Waals surface area contributed by atoms with Crippen molar-refractivity contribution in [1.82, 2.24) is 19.3 Å². The molecule has 134 valence electrons. The second kappa shape index (κ2) is 6.68. The van der Waals surface area contributed by atoms with Gasteiger partial charge in [-0.3, -0.25) is 9.36 Å². The fourth-order valence-corrected chi connectivity index (χ4v) is 3.51. The smallest absolute Gasteiger partial charge is 0.266 e. The van der Waals surface area contributed by atoms with Crippen molar-refractivity contribution in [3.05, 3.63) is 71.7 Å². The number of halogens is 1. The van der Waals surface area contributed by atoms with E-state index in [0.717, 1.165) is 0 Å². The number of nitrogens with one attached hydrogen (secondary N) is 1. The first-order chi connectivity index (χ1) is 12.3. The van der Waals surface area contributed by atoms with E-state index in [1.54, 1.807) is 29.4 Å². The molecule has 3 rings (SSSR count). The van der Waals surface area contributed by atoms with E-state index in [2.05, 4.69) is 9.97 Å². The molecule has 0 unspecified atom stereocenters. The lowest BCUT2D eigenvalue weighted by Gasteiger charge is -2.10. The SMILES string of the molecule is Cc1cc(S(=O)(=O)NC(=O)c2ccc(-n3ccnc3)nc2)cc(C)c1F. The maximum atomic E-state index is 13.7. The number of carbonyl (C=O) groups excluding carboxylic acids is 1. The lowest BCUT2D eigenvalue weighted by Crippen LogP contribution is -2.30. The summed E-state index contributed by atoms with van der Waals surface area (Å²) in [4.78, 5) is 20.1. The fourth-order valence-electron chi connectivity index (χ4n) is 2.37. The van der Waals surface area contributed by atoms with Gasteiger partial charge in [-0.25, -0.2) is 27.5 Å². The van der Waals surface area contributed by atoms with Gasteiger partial charge in [-0.2, -0.15) is 0 Å². The number of aryl methyl sites for hydroxylation is 2. The van der Waals surface area contributed by atoms with Crippen molar-refractivity contribution in [2.75, 3.05) is 0 Å². The molecular formula is C17H15FN4O3S. The minimum atomic E-state index is -4.13. The van der Waals surface area contributed by atoms with Gasteiger partial charge in [0.05, 0.1) is 10.5 Å². The van der Waals surface area contributed by atoms with Crippen LogP contribution in [0.1, 0.15) is 21.5 Å². The first-order valence-electron chi connectivity index (χ1n) is 7.56. The minimum absolute atomic E-state index is 0.0768. The average Bonchev–Trinajstić information content (AvgIpc) is 3.13. The van der Waals surface area contributed by atoms with Gasteiger partial charge < -0.3 is 0 Å². The molecule has 0 radical (unpaired) electrons. The van der Waals surface area contributed by atoms with Gasteiger partial charge in [0.25, 0.3) is 15.9 Å². The highest BCUT2D eigenvalue weighted by molar-refractivity contribution is 7.90. The predicted molar refractivity (Wildman–Crippen MR) is 91.9 cm³/mol. The number of sulfonamides is 1. The quantitative estimate of drug-likeness (QED) is 0.755. The molecule has 26 heavy (non-hydrogen) atoms. The Morgan fingerprint density at radius 3 is 2.42 bits per heavy atom. The predicted octanol–water partition coefficient (Wildman–Crippen LogP) is 2.14. The Kier molecular flexibility index (Phi) is 4.56. The second-order valence-electron chi connectivity index (χ2n) is 5.68. The molecule has 9 heteroatoms. The van der Waals surface area contributed by atoms with Crippen molar-refractivity contribution in [2.45, 2.75) is 18.7 Å². The summed E-state index contributed by atoms with van der Waals surface area (Å²) in [6.45, 7) is 2.92. The maximum Gasteiger partial charge on any atom is 0.266 e. The monoisotopic (exact) mass is 374 g/mol. The molecule has 1 N–H and O–H groups in total. The van der Waals surface area contributed by atoms with Crippen LogP contribution in [-0.2, 0) is 10.0 Å². The molecule has 0 bridgehead atoms. The molecule has 0 saturated heterocycles. The van der Waals surface area contributed by atoms with Crippen molar-refractivity contribution in [3.8, 4) is 5.82 Å². The van der Waals surface area contributed by atoms with Crippen molar-refractivity contribution >= 4 is 15.9 Å². The second-order valence-corrected chi connectivity index (χ2v) is 7.36. The van der Waals surface area contributed by atoms with E-state index in [9.17, 15) is 17.6 Å². The molecule has 3 aromatic rings. The Bertz CT molecular complexity index is 1040. The number of imidazole rings is 1. The number of rotatable bonds is 4. The zero-order chi connectivity index (χ0) is 18.9. The molecule has 0 saturated carbocycles. The summed E-state index contributed by atoms with van der Waals surface area (Å²) in [7, 11) is -4.13. The van der Waals surface area contributed by atoms with Crippen LogP contribution < -0.4 is 4.72 Å². The highest BCUT2D eigenvalue weighted by atomic mass is 32.2. The van der Waals surface area contributed by atoms with Crippen molar-refractivity contribution in [2.24, 2.45) is 0 Å². The van der Waals surface area contributed by atoms with Crippen LogP contribution in [0.2, 0.25) is 0 Å². The van der Waals surface area contributed by atoms with Gasteiger partial charge in [-0.15, -0.1) is 0 Å². The molecule has 0 aliphatic carbocycles. The standard InChI is InChI=1S/C17H15FN4O3S/c1-11-7-14(8-12(2)16(11)18)26(24,25)21-17(23)13-3-4-15(20-9-13)22-6-5-19-10-22/h3-10H,1-2H3,(H,21,23). The summed E-state index contributed by atoms with van der Waals surface area (Å²) >= 11 is 0. The lowest BCUT2D eigenvalue weighted by atomic mass is 10.1. The average molecular weight is 374 g/mol. The molecule has 0 spiro atoms. The van der Waals surface area contributed by atoms with Crippen LogP contribution in [0.5, 0.6) is 0 Å². The number of pyridine rings is 1. The van der Waals surface area contributed by atoms with Crippen LogP contribution >= 0.6 is 0 Å². The Balaban J connectivity index is 1.82. The number of hydrogen-bond acceptors (Lipinski definition) is 5. The highest BCUT2D eigenvalue weighted by Crippen LogP contribution is 2.18. The van der Waals surface area contributed by atoms with Crippen LogP contribution in [0.4, 0.5) is 4.39 Å². The Morgan fingerprint density at radius 2 is 1.88 bits per heavy atom. The fraction of sp³-hybridized carbons (Fsp3) is 0.118. The molecule has 1 amide bonds. The summed E-state index contributed by atoms with van der Waals surface area (Å²) in [5.74, 6) is -0.768. The van der Waals surface area contributed by atoms with E-state index in [1.165, 1.54) is 38.2 Å². The third kappa shape index (κ3) is 3.47. The molecular weight excluding hydrogens is 359 g/mol. The normalized spacial score (nSPS) is 11.3. The van der Waals surface area contributed by atoms with Crippen molar-refractivity contribution < 1.29 is 17.6 Å². The Morgan fingerprint density at radius 1 is 1.19 bits per heavy atom. The van der Waals surface area contributed by atoms with Crippen LogP contribution in [0.15, 0.2) is 54.1 Å². The van der Waals surface area contributed by atoms with Gasteiger partial charge in [-0.1, -0.05) is 0 Å². The third-order valence-corrected chi connectivity index (χ3v) is 5.04. The number of amides is 1. The number of benzene rings is 1. The first-order valence-corrected chi connectivity index (χ1v) is 9.04. The molecule has 7 nitrogen and oxygen atoms in total. The van der Waals surface area contributed by atoms with E-state index in [0.29, 0.717) is 5.82 Å². The molecule has 0 aliphatic rings. The molecule has 0 aliphatic heterocycles. The topological polar surface area (TPSA) is 94.0 Å². The van der Waals surface area contributed by atoms with E-state index < -0.39 is 21.7 Å². The van der Waals surface area contributed by atoms with Crippen LogP contribution in [0.3, 0.4) is 0 Å². The molecule has 0 fully saturated rings. The van der Waals surface area contributed by atoms with Gasteiger partial charge >= 0.3 is 0 Å². The zero-order valence-corrected chi connectivity index (χ0v) is 14.8. The first kappa shape index (κ1) is 17.7. The summed E-state index contributed by atoms with van der Waals surface area (Å²) in [6.07, 6.45) is 6.08. The van der Waals surface area contributed by atoms with Gasteiger partial charge in [0, 0.05) is 18.6 Å². The number of nitrogens with zero attached hydrogens (tertiary/aromatic N) is 3. The molecule has 0 atom stereocenters. The van der Waals surface area contributed by atoms with Gasteiger partial charge in [0.1, 0.15) is 18.0 Å². The zero-order valence-electron chi connectivity index (χ0n) is 14.0. The van der Waals surface area contributed by atoms with E-state index >= 15 is 0 Å². The maximum absolute atomic E-state index is 13.7. The summed E-state index contributed by atoms with van der Waals surface area (Å²) < 4.78 is 42.1. The molecule has 1 aromatic carbocycles. The van der Waals surface area contributed by atoms with Crippen LogP contribution in [0.25, 0.3) is 5.82 Å². The van der Waals surface area contributed by atoms with Crippen LogP contribution in [0, 0.1) is 19.7 Å². The Hall–Kier alpha value is -3.07.